The van der Waals surface area contributed by atoms with E-state index in [1.165, 1.54) is 0 Å². The van der Waals surface area contributed by atoms with Crippen molar-refractivity contribution in [3.8, 4) is 0 Å². The Hall–Kier alpha value is 2.50. The summed E-state index contributed by atoms with van der Waals surface area (Å²) in [5.41, 5.74) is 0. The van der Waals surface area contributed by atoms with Crippen molar-refractivity contribution in [2.24, 2.45) is 0 Å². The zero-order valence-electron chi connectivity index (χ0n) is 25.5. The molecule has 0 aromatic rings. The van der Waals surface area contributed by atoms with E-state index in [4.69, 9.17) is 0 Å². The zero-order chi connectivity index (χ0) is 26.3. The Morgan fingerprint density at radius 1 is 0.323 bits per heavy atom. The molecule has 0 aromatic carbocycles. The Morgan fingerprint density at radius 3 is 0.355 bits per heavy atom. The minimum absolute atomic E-state index is 0. The molecule has 0 fully saturated rings. The van der Waals surface area contributed by atoms with E-state index in [2.05, 4.69) is 135 Å². The van der Waals surface area contributed by atoms with Crippen LogP contribution < -0.4 is 0 Å². The van der Waals surface area contributed by atoms with Gasteiger partial charge in [-0.2, -0.15) is 0 Å². The molecule has 7 heteroatoms. The van der Waals surface area contributed by atoms with Gasteiger partial charge in [0, 0.05) is 52.8 Å². The molecule has 0 saturated heterocycles. The van der Waals surface area contributed by atoms with Gasteiger partial charge in [0.2, 0.25) is 0 Å². The molecule has 12 radical (unpaired) electrons. The average Bonchev–Trinajstić information content (AvgIpc) is 2.47. The summed E-state index contributed by atoms with van der Waals surface area (Å²) in [6.45, 7) is 46.5. The molecule has 0 nitrogen and oxygen atoms in total. The van der Waals surface area contributed by atoms with Crippen molar-refractivity contribution >= 4 is 80.8 Å². The van der Waals surface area contributed by atoms with Gasteiger partial charge in [-0.1, -0.05) is 135 Å². The fraction of sp³-hybridized carbons (Fsp3) is 1.00. The molecule has 0 aliphatic rings. The molecule has 0 N–H and O–H groups in total. The molecule has 31 heavy (non-hydrogen) atoms. The normalized spacial score (nSPS) is 11.7. The van der Waals surface area contributed by atoms with Crippen molar-refractivity contribution in [3.63, 3.8) is 0 Å². The van der Waals surface area contributed by atoms with Gasteiger partial charge in [0.25, 0.3) is 0 Å². The molecule has 0 aliphatic heterocycles. The van der Waals surface area contributed by atoms with Crippen molar-refractivity contribution in [2.45, 2.75) is 156 Å². The van der Waals surface area contributed by atoms with Crippen LogP contribution in [0.3, 0.4) is 0 Å². The topological polar surface area (TPSA) is 0 Å². The maximum atomic E-state index is 2.35. The van der Waals surface area contributed by atoms with Crippen LogP contribution in [0.15, 0.2) is 0 Å². The fourth-order valence-electron chi connectivity index (χ4n) is 0. The van der Waals surface area contributed by atoms with Crippen LogP contribution in [0.5, 0.6) is 0 Å². The van der Waals surface area contributed by atoms with Crippen LogP contribution in [-0.4, -0.2) is 80.8 Å². The van der Waals surface area contributed by atoms with Gasteiger partial charge in [0.15, 0.2) is 0 Å². The quantitative estimate of drug-likeness (QED) is 0.225. The monoisotopic (exact) mass is 682 g/mol. The zero-order valence-corrected chi connectivity index (χ0v) is 35.8. The molecular formula is C24H60Ge3Si4. The molecule has 0 saturated carbocycles. The van der Waals surface area contributed by atoms with Crippen LogP contribution in [0.1, 0.15) is 83.1 Å². The number of hydrogen-bond acceptors (Lipinski definition) is 0. The van der Waals surface area contributed by atoms with Gasteiger partial charge in [0.1, 0.15) is 0 Å². The molecule has 0 aliphatic carbocycles. The molecule has 0 amide bonds. The molecule has 184 valence electrons. The van der Waals surface area contributed by atoms with Crippen LogP contribution in [0.4, 0.5) is 0 Å². The van der Waals surface area contributed by atoms with E-state index < -0.39 is 0 Å². The first kappa shape index (κ1) is 46.8. The molecule has 0 heterocycles. The average molecular weight is 679 g/mol. The summed E-state index contributed by atoms with van der Waals surface area (Å²) in [5, 5.41) is 2.41. The van der Waals surface area contributed by atoms with E-state index in [0.29, 0.717) is 20.2 Å². The van der Waals surface area contributed by atoms with Crippen LogP contribution in [0.2, 0.25) is 72.5 Å². The van der Waals surface area contributed by atoms with Crippen molar-refractivity contribution in [1.82, 2.24) is 0 Å². The van der Waals surface area contributed by atoms with Crippen LogP contribution >= 0.6 is 0 Å². The molecule has 0 atom stereocenters. The summed E-state index contributed by atoms with van der Waals surface area (Å²) < 4.78 is 0. The SMILES string of the molecule is C[Si](C)C(C)(C)C.C[Si](C)C(C)(C)C.C[Si](C)C(C)(C)C.C[Si](C)C(C)(C)C.[Ge].[Ge]=[Ge]. The Balaban J connectivity index is -0.0000000647. The Kier molecular flexibility index (Phi) is 32.8. The fourth-order valence-corrected chi connectivity index (χ4v) is 0. The van der Waals surface area contributed by atoms with E-state index in [-0.39, 0.29) is 52.8 Å². The third-order valence-electron chi connectivity index (χ3n) is 6.00. The molecule has 0 spiro atoms. The number of rotatable bonds is 0. The van der Waals surface area contributed by atoms with Crippen molar-refractivity contribution in [3.05, 3.63) is 0 Å². The first-order valence-corrected chi connectivity index (χ1v) is 27.8. The van der Waals surface area contributed by atoms with Gasteiger partial charge in [-0.05, 0) is 20.2 Å². The van der Waals surface area contributed by atoms with Gasteiger partial charge < -0.3 is 0 Å². The van der Waals surface area contributed by atoms with E-state index >= 15 is 0 Å². The van der Waals surface area contributed by atoms with Crippen molar-refractivity contribution in [2.75, 3.05) is 0 Å². The first-order chi connectivity index (χ1) is 12.8. The Bertz CT molecular complexity index is 298. The second-order valence-electron chi connectivity index (χ2n) is 13.0. The third kappa shape index (κ3) is 43.0. The van der Waals surface area contributed by atoms with Crippen molar-refractivity contribution < 1.29 is 0 Å². The standard InChI is InChI=1S/4C6H15Si.Ge2.Ge/c4*1-6(2,3)7(4)5;1-2;/h4*1-5H3;;. The van der Waals surface area contributed by atoms with Gasteiger partial charge in [-0.3, -0.25) is 0 Å². The van der Waals surface area contributed by atoms with Crippen LogP contribution in [-0.2, 0) is 0 Å². The van der Waals surface area contributed by atoms with Gasteiger partial charge in [-0.25, -0.2) is 0 Å². The summed E-state index contributed by atoms with van der Waals surface area (Å²) in [6.07, 6.45) is 0. The summed E-state index contributed by atoms with van der Waals surface area (Å²) in [7, 11) is -0.201. The van der Waals surface area contributed by atoms with E-state index in [1.54, 1.807) is 0 Å². The summed E-state index contributed by atoms with van der Waals surface area (Å²) >= 11 is 4.00. The Morgan fingerprint density at radius 2 is 0.355 bits per heavy atom. The summed E-state index contributed by atoms with van der Waals surface area (Å²) in [6, 6.07) is 0. The van der Waals surface area contributed by atoms with E-state index in [0.717, 1.165) is 0 Å². The molecule has 0 bridgehead atoms. The van der Waals surface area contributed by atoms with Gasteiger partial charge in [-0.15, -0.1) is 0 Å². The molecular weight excluding hydrogens is 618 g/mol. The third-order valence-corrected chi connectivity index (χ3v) is 18.0. The summed E-state index contributed by atoms with van der Waals surface area (Å²) in [4.78, 5) is 0. The molecule has 0 aromatic heterocycles. The predicted octanol–water partition coefficient (Wildman–Crippen LogP) is 9.02. The van der Waals surface area contributed by atoms with Crippen LogP contribution in [0, 0.1) is 0 Å². The Labute approximate surface area is 234 Å². The minimum atomic E-state index is -0.0502. The first-order valence-electron chi connectivity index (χ1n) is 11.2. The van der Waals surface area contributed by atoms with E-state index in [9.17, 15) is 0 Å². The second-order valence-corrected chi connectivity index (χ2v) is 27.0. The van der Waals surface area contributed by atoms with E-state index in [1.807, 2.05) is 28.0 Å². The summed E-state index contributed by atoms with van der Waals surface area (Å²) in [5.74, 6) is 0. The molecule has 0 rings (SSSR count). The van der Waals surface area contributed by atoms with Gasteiger partial charge in [0.05, 0.1) is 0 Å². The predicted molar refractivity (Wildman–Crippen MR) is 166 cm³/mol. The maximum absolute atomic E-state index is 2.35. The second kappa shape index (κ2) is 21.8. The molecule has 0 unspecified atom stereocenters. The number of hydrogen-bond donors (Lipinski definition) is 0. The van der Waals surface area contributed by atoms with Gasteiger partial charge >= 0.3 is 28.0 Å². The van der Waals surface area contributed by atoms with Crippen LogP contribution in [0.25, 0.3) is 0 Å². The van der Waals surface area contributed by atoms with Crippen molar-refractivity contribution in [1.29, 1.82) is 0 Å².